The quantitative estimate of drug-likeness (QED) is 0.473. The van der Waals surface area contributed by atoms with Crippen molar-refractivity contribution in [3.63, 3.8) is 0 Å². The van der Waals surface area contributed by atoms with Gasteiger partial charge in [0.2, 0.25) is 0 Å². The normalized spacial score (nSPS) is 11.9. The minimum atomic E-state index is -4.64. The van der Waals surface area contributed by atoms with E-state index in [0.717, 1.165) is 22.9 Å². The molecule has 0 atom stereocenters. The number of anilines is 2. The maximum Gasteiger partial charge on any atom is 0.466 e. The van der Waals surface area contributed by atoms with Gasteiger partial charge in [0, 0.05) is 0 Å². The zero-order chi connectivity index (χ0) is 13.9. The third-order valence-corrected chi connectivity index (χ3v) is 2.26. The zero-order valence-electron chi connectivity index (χ0n) is 9.72. The van der Waals surface area contributed by atoms with Crippen LogP contribution in [0.4, 0.5) is 11.4 Å². The first-order valence-electron chi connectivity index (χ1n) is 5.35. The van der Waals surface area contributed by atoms with Crippen LogP contribution in [0.5, 0.6) is 11.5 Å². The van der Waals surface area contributed by atoms with E-state index in [4.69, 9.17) is 24.0 Å². The van der Waals surface area contributed by atoms with E-state index >= 15 is 0 Å². The van der Waals surface area contributed by atoms with Crippen molar-refractivity contribution in [2.24, 2.45) is 0 Å². The van der Waals surface area contributed by atoms with Crippen molar-refractivity contribution >= 4 is 19.2 Å². The van der Waals surface area contributed by atoms with Gasteiger partial charge in [0.1, 0.15) is 0 Å². The van der Waals surface area contributed by atoms with E-state index in [-0.39, 0.29) is 0 Å². The fourth-order valence-corrected chi connectivity index (χ4v) is 1.58. The molecule has 3 rings (SSSR count). The highest BCUT2D eigenvalue weighted by Gasteiger charge is 2.13. The Hall–Kier alpha value is -1.85. The van der Waals surface area contributed by atoms with E-state index in [1.165, 1.54) is 0 Å². The van der Waals surface area contributed by atoms with Crippen LogP contribution >= 0.6 is 7.82 Å². The van der Waals surface area contributed by atoms with Gasteiger partial charge in [-0.2, -0.15) is 0 Å². The number of benzene rings is 2. The van der Waals surface area contributed by atoms with Crippen LogP contribution in [0.25, 0.3) is 0 Å². The van der Waals surface area contributed by atoms with Crippen molar-refractivity contribution in [2.45, 2.75) is 0 Å². The fourth-order valence-electron chi connectivity index (χ4n) is 1.58. The zero-order valence-corrected chi connectivity index (χ0v) is 10.6. The summed E-state index contributed by atoms with van der Waals surface area (Å²) >= 11 is 0. The minimum Gasteiger partial charge on any atom is -0.453 e. The molecule has 7 heteroatoms. The van der Waals surface area contributed by atoms with Gasteiger partial charge in [-0.05, 0) is 24.3 Å². The first-order valence-corrected chi connectivity index (χ1v) is 6.91. The van der Waals surface area contributed by atoms with Crippen molar-refractivity contribution in [1.29, 1.82) is 0 Å². The van der Waals surface area contributed by atoms with E-state index in [1.54, 1.807) is 0 Å². The third kappa shape index (κ3) is 4.08. The second-order valence-corrected chi connectivity index (χ2v) is 4.76. The maximum atomic E-state index is 8.88. The number of ether oxygens (including phenoxy) is 1. The number of para-hydroxylation sites is 4. The van der Waals surface area contributed by atoms with Crippen LogP contribution in [0.15, 0.2) is 48.5 Å². The Morgan fingerprint density at radius 2 is 1.21 bits per heavy atom. The number of nitrogens with one attached hydrogen (secondary N) is 1. The lowest BCUT2D eigenvalue weighted by Gasteiger charge is -2.20. The van der Waals surface area contributed by atoms with Gasteiger partial charge < -0.3 is 24.7 Å². The summed E-state index contributed by atoms with van der Waals surface area (Å²) < 4.78 is 14.6. The summed E-state index contributed by atoms with van der Waals surface area (Å²) in [6.07, 6.45) is 0. The van der Waals surface area contributed by atoms with Crippen LogP contribution in [0, 0.1) is 0 Å². The van der Waals surface area contributed by atoms with E-state index in [9.17, 15) is 0 Å². The summed E-state index contributed by atoms with van der Waals surface area (Å²) in [4.78, 5) is 21.6. The highest BCUT2D eigenvalue weighted by Crippen LogP contribution is 2.40. The predicted molar refractivity (Wildman–Crippen MR) is 70.5 cm³/mol. The lowest BCUT2D eigenvalue weighted by atomic mass is 10.2. The van der Waals surface area contributed by atoms with Gasteiger partial charge in [-0.25, -0.2) is 4.57 Å². The van der Waals surface area contributed by atoms with Crippen LogP contribution in [0.1, 0.15) is 0 Å². The second-order valence-electron chi connectivity index (χ2n) is 3.73. The molecule has 0 saturated carbocycles. The van der Waals surface area contributed by atoms with Gasteiger partial charge >= 0.3 is 7.82 Å². The van der Waals surface area contributed by atoms with E-state index in [0.29, 0.717) is 0 Å². The lowest BCUT2D eigenvalue weighted by molar-refractivity contribution is 0.275. The Bertz CT molecular complexity index is 529. The average molecular weight is 281 g/mol. The van der Waals surface area contributed by atoms with Gasteiger partial charge in [-0.1, -0.05) is 24.3 Å². The van der Waals surface area contributed by atoms with Crippen molar-refractivity contribution in [3.8, 4) is 11.5 Å². The Kier molecular flexibility index (Phi) is 3.87. The molecule has 4 N–H and O–H groups in total. The molecule has 1 aliphatic rings. The molecule has 0 bridgehead atoms. The molecule has 0 aliphatic carbocycles. The van der Waals surface area contributed by atoms with E-state index in [1.807, 2.05) is 48.5 Å². The summed E-state index contributed by atoms with van der Waals surface area (Å²) in [6.45, 7) is 0. The number of hydrogen-bond donors (Lipinski definition) is 4. The summed E-state index contributed by atoms with van der Waals surface area (Å²) in [5.41, 5.74) is 2.04. The molecule has 0 fully saturated rings. The van der Waals surface area contributed by atoms with Crippen LogP contribution in [0.2, 0.25) is 0 Å². The largest absolute Gasteiger partial charge is 0.466 e. The first kappa shape index (κ1) is 13.6. The van der Waals surface area contributed by atoms with Crippen molar-refractivity contribution in [1.82, 2.24) is 0 Å². The van der Waals surface area contributed by atoms with Gasteiger partial charge in [0.05, 0.1) is 11.4 Å². The predicted octanol–water partition coefficient (Wildman–Crippen LogP) is 2.61. The molecule has 0 unspecified atom stereocenters. The van der Waals surface area contributed by atoms with Crippen LogP contribution in [-0.2, 0) is 4.57 Å². The SMILES string of the molecule is O=P(O)(O)O.c1ccc2c(c1)Nc1ccccc1O2. The molecule has 100 valence electrons. The van der Waals surface area contributed by atoms with Crippen molar-refractivity contribution < 1.29 is 24.0 Å². The van der Waals surface area contributed by atoms with Crippen LogP contribution < -0.4 is 10.1 Å². The van der Waals surface area contributed by atoms with Crippen molar-refractivity contribution in [3.05, 3.63) is 48.5 Å². The monoisotopic (exact) mass is 281 g/mol. The Morgan fingerprint density at radius 1 is 0.842 bits per heavy atom. The average Bonchev–Trinajstić information content (AvgIpc) is 2.34. The molecule has 0 radical (unpaired) electrons. The minimum absolute atomic E-state index is 0.881. The number of hydrogen-bond acceptors (Lipinski definition) is 3. The lowest BCUT2D eigenvalue weighted by Crippen LogP contribution is -2.01. The highest BCUT2D eigenvalue weighted by molar-refractivity contribution is 7.45. The molecule has 0 spiro atoms. The molecule has 0 saturated heterocycles. The number of phosphoric acid groups is 1. The standard InChI is InChI=1S/C12H9NO.H3O4P/c1-3-7-11-9(5-1)13-10-6-2-4-8-12(10)14-11;1-5(2,3)4/h1-8,13H;(H3,1,2,3,4). The third-order valence-electron chi connectivity index (χ3n) is 2.26. The molecule has 0 amide bonds. The van der Waals surface area contributed by atoms with Crippen LogP contribution in [-0.4, -0.2) is 14.7 Å². The molecule has 19 heavy (non-hydrogen) atoms. The molecular weight excluding hydrogens is 269 g/mol. The van der Waals surface area contributed by atoms with E-state index in [2.05, 4.69) is 5.32 Å². The van der Waals surface area contributed by atoms with Crippen molar-refractivity contribution in [2.75, 3.05) is 5.32 Å². The molecular formula is C12H12NO5P. The van der Waals surface area contributed by atoms with Gasteiger partial charge in [0.15, 0.2) is 11.5 Å². The second kappa shape index (κ2) is 5.42. The summed E-state index contributed by atoms with van der Waals surface area (Å²) in [6, 6.07) is 15.8. The fraction of sp³-hybridized carbons (Fsp3) is 0. The summed E-state index contributed by atoms with van der Waals surface area (Å²) in [5, 5.41) is 3.32. The van der Waals surface area contributed by atoms with Crippen LogP contribution in [0.3, 0.4) is 0 Å². The topological polar surface area (TPSA) is 99.0 Å². The molecule has 1 heterocycles. The maximum absolute atomic E-state index is 8.88. The van der Waals surface area contributed by atoms with Gasteiger partial charge in [-0.15, -0.1) is 0 Å². The molecule has 1 aliphatic heterocycles. The van der Waals surface area contributed by atoms with Gasteiger partial charge in [-0.3, -0.25) is 0 Å². The van der Waals surface area contributed by atoms with E-state index < -0.39 is 7.82 Å². The molecule has 6 nitrogen and oxygen atoms in total. The number of fused-ring (bicyclic) bond motifs is 2. The summed E-state index contributed by atoms with van der Waals surface area (Å²) in [5.74, 6) is 1.76. The Morgan fingerprint density at radius 3 is 1.63 bits per heavy atom. The Balaban J connectivity index is 0.000000232. The summed E-state index contributed by atoms with van der Waals surface area (Å²) in [7, 11) is -4.64. The highest BCUT2D eigenvalue weighted by atomic mass is 31.2. The first-order chi connectivity index (χ1) is 8.93. The van der Waals surface area contributed by atoms with Gasteiger partial charge in [0.25, 0.3) is 0 Å². The molecule has 2 aromatic rings. The smallest absolute Gasteiger partial charge is 0.453 e. The Labute approximate surface area is 109 Å². The number of rotatable bonds is 0. The molecule has 0 aromatic heterocycles. The molecule has 2 aromatic carbocycles.